The first kappa shape index (κ1) is 25.7. The van der Waals surface area contributed by atoms with Crippen LogP contribution in [0.4, 0.5) is 0 Å². The van der Waals surface area contributed by atoms with Crippen molar-refractivity contribution in [3.63, 3.8) is 0 Å². The SMILES string of the molecule is CC(C)C(C)(C)C(=O)C(=O)N1CCCCC1C(=O)OC(CCc1ccccc1)c1ccccc1. The number of Topliss-reactive ketones (excluding diaryl/α,β-unsaturated/α-hetero) is 1. The van der Waals surface area contributed by atoms with E-state index in [1.807, 2.05) is 62.4 Å². The third kappa shape index (κ3) is 6.13. The van der Waals surface area contributed by atoms with Gasteiger partial charge in [-0.15, -0.1) is 0 Å². The number of likely N-dealkylation sites (tertiary alicyclic amines) is 1. The zero-order chi connectivity index (χ0) is 24.7. The summed E-state index contributed by atoms with van der Waals surface area (Å²) in [6.07, 6.45) is 3.10. The van der Waals surface area contributed by atoms with Crippen LogP contribution in [0.5, 0.6) is 0 Å². The average Bonchev–Trinajstić information content (AvgIpc) is 2.86. The maximum Gasteiger partial charge on any atom is 0.329 e. The molecule has 0 aromatic heterocycles. The number of aryl methyl sites for hydroxylation is 1. The van der Waals surface area contributed by atoms with Crippen molar-refractivity contribution >= 4 is 17.7 Å². The van der Waals surface area contributed by atoms with Crippen LogP contribution in [-0.2, 0) is 25.5 Å². The van der Waals surface area contributed by atoms with Gasteiger partial charge >= 0.3 is 5.97 Å². The molecule has 0 bridgehead atoms. The van der Waals surface area contributed by atoms with Gasteiger partial charge in [-0.25, -0.2) is 4.79 Å². The molecule has 1 aliphatic rings. The highest BCUT2D eigenvalue weighted by molar-refractivity contribution is 6.38. The molecule has 0 radical (unpaired) electrons. The topological polar surface area (TPSA) is 63.7 Å². The van der Waals surface area contributed by atoms with E-state index in [4.69, 9.17) is 4.74 Å². The van der Waals surface area contributed by atoms with E-state index in [0.717, 1.165) is 24.8 Å². The zero-order valence-corrected chi connectivity index (χ0v) is 20.8. The average molecular weight is 464 g/mol. The van der Waals surface area contributed by atoms with Crippen molar-refractivity contribution in [1.29, 1.82) is 0 Å². The first-order valence-corrected chi connectivity index (χ1v) is 12.4. The lowest BCUT2D eigenvalue weighted by Crippen LogP contribution is -2.53. The molecule has 0 N–H and O–H groups in total. The molecular weight excluding hydrogens is 426 g/mol. The number of rotatable bonds is 9. The van der Waals surface area contributed by atoms with E-state index in [0.29, 0.717) is 19.4 Å². The van der Waals surface area contributed by atoms with Crippen LogP contribution in [0.2, 0.25) is 0 Å². The van der Waals surface area contributed by atoms with Gasteiger partial charge in [0.15, 0.2) is 0 Å². The Morgan fingerprint density at radius 3 is 2.21 bits per heavy atom. The molecule has 1 saturated heterocycles. The van der Waals surface area contributed by atoms with Crippen molar-refractivity contribution in [1.82, 2.24) is 4.90 Å². The van der Waals surface area contributed by atoms with Crippen molar-refractivity contribution in [3.05, 3.63) is 71.8 Å². The highest BCUT2D eigenvalue weighted by Gasteiger charge is 2.42. The molecule has 1 aliphatic heterocycles. The number of hydrogen-bond acceptors (Lipinski definition) is 4. The summed E-state index contributed by atoms with van der Waals surface area (Å²) in [5.74, 6) is -1.42. The molecule has 182 valence electrons. The lowest BCUT2D eigenvalue weighted by Gasteiger charge is -2.37. The lowest BCUT2D eigenvalue weighted by molar-refractivity contribution is -0.165. The van der Waals surface area contributed by atoms with Crippen molar-refractivity contribution in [3.8, 4) is 0 Å². The summed E-state index contributed by atoms with van der Waals surface area (Å²) in [7, 11) is 0. The van der Waals surface area contributed by atoms with Gasteiger partial charge in [0.1, 0.15) is 12.1 Å². The van der Waals surface area contributed by atoms with E-state index in [1.54, 1.807) is 13.8 Å². The van der Waals surface area contributed by atoms with Gasteiger partial charge in [-0.1, -0.05) is 88.4 Å². The highest BCUT2D eigenvalue weighted by atomic mass is 16.5. The van der Waals surface area contributed by atoms with Crippen LogP contribution in [0, 0.1) is 11.3 Å². The van der Waals surface area contributed by atoms with Crippen molar-refractivity contribution in [2.75, 3.05) is 6.54 Å². The van der Waals surface area contributed by atoms with Crippen LogP contribution in [0.15, 0.2) is 60.7 Å². The lowest BCUT2D eigenvalue weighted by atomic mass is 9.76. The number of amides is 1. The van der Waals surface area contributed by atoms with E-state index in [1.165, 1.54) is 10.5 Å². The van der Waals surface area contributed by atoms with E-state index < -0.39 is 35.2 Å². The molecule has 1 amide bonds. The fourth-order valence-electron chi connectivity index (χ4n) is 4.21. The Morgan fingerprint density at radius 2 is 1.59 bits per heavy atom. The second-order valence-electron chi connectivity index (χ2n) is 10.1. The van der Waals surface area contributed by atoms with Gasteiger partial charge in [0, 0.05) is 12.0 Å². The second-order valence-corrected chi connectivity index (χ2v) is 10.1. The fraction of sp³-hybridized carbons (Fsp3) is 0.483. The normalized spacial score (nSPS) is 17.3. The number of nitrogens with zero attached hydrogens (tertiary/aromatic N) is 1. The Bertz CT molecular complexity index is 968. The maximum atomic E-state index is 13.4. The Hall–Kier alpha value is -2.95. The smallest absolute Gasteiger partial charge is 0.329 e. The van der Waals surface area contributed by atoms with Gasteiger partial charge in [0.05, 0.1) is 0 Å². The van der Waals surface area contributed by atoms with Crippen LogP contribution in [0.25, 0.3) is 0 Å². The van der Waals surface area contributed by atoms with Gasteiger partial charge in [-0.2, -0.15) is 0 Å². The van der Waals surface area contributed by atoms with E-state index in [-0.39, 0.29) is 5.92 Å². The van der Waals surface area contributed by atoms with Crippen LogP contribution < -0.4 is 0 Å². The van der Waals surface area contributed by atoms with Crippen molar-refractivity contribution in [2.24, 2.45) is 11.3 Å². The second kappa shape index (κ2) is 11.5. The largest absolute Gasteiger partial charge is 0.456 e. The molecule has 0 aliphatic carbocycles. The molecule has 3 rings (SSSR count). The minimum absolute atomic E-state index is 0.0135. The molecule has 2 unspecified atom stereocenters. The Morgan fingerprint density at radius 1 is 0.971 bits per heavy atom. The monoisotopic (exact) mass is 463 g/mol. The molecule has 5 nitrogen and oxygen atoms in total. The van der Waals surface area contributed by atoms with Crippen LogP contribution in [0.3, 0.4) is 0 Å². The third-order valence-corrected chi connectivity index (χ3v) is 7.23. The number of benzene rings is 2. The van der Waals surface area contributed by atoms with Crippen molar-refractivity contribution < 1.29 is 19.1 Å². The minimum atomic E-state index is -0.786. The summed E-state index contributed by atoms with van der Waals surface area (Å²) in [5.41, 5.74) is 1.32. The number of carbonyl (C=O) groups is 3. The molecule has 2 atom stereocenters. The Kier molecular flexibility index (Phi) is 8.65. The molecule has 2 aromatic carbocycles. The quantitative estimate of drug-likeness (QED) is 0.362. The number of carbonyl (C=O) groups excluding carboxylic acids is 3. The van der Waals surface area contributed by atoms with E-state index >= 15 is 0 Å². The van der Waals surface area contributed by atoms with Crippen LogP contribution in [0.1, 0.15) is 70.6 Å². The predicted octanol–water partition coefficient (Wildman–Crippen LogP) is 5.54. The molecule has 34 heavy (non-hydrogen) atoms. The first-order valence-electron chi connectivity index (χ1n) is 12.4. The van der Waals surface area contributed by atoms with Gasteiger partial charge in [-0.05, 0) is 49.1 Å². The minimum Gasteiger partial charge on any atom is -0.456 e. The molecule has 2 aromatic rings. The summed E-state index contributed by atoms with van der Waals surface area (Å²) in [4.78, 5) is 41.1. The Labute approximate surface area is 203 Å². The molecule has 1 heterocycles. The number of ether oxygens (including phenoxy) is 1. The summed E-state index contributed by atoms with van der Waals surface area (Å²) in [6.45, 7) is 7.86. The van der Waals surface area contributed by atoms with Gasteiger partial charge in [-0.3, -0.25) is 9.59 Å². The molecule has 0 saturated carbocycles. The van der Waals surface area contributed by atoms with Crippen LogP contribution >= 0.6 is 0 Å². The fourth-order valence-corrected chi connectivity index (χ4v) is 4.21. The van der Waals surface area contributed by atoms with Gasteiger partial charge in [0.25, 0.3) is 5.91 Å². The summed E-state index contributed by atoms with van der Waals surface area (Å²) < 4.78 is 6.05. The number of ketones is 1. The van der Waals surface area contributed by atoms with E-state index in [9.17, 15) is 14.4 Å². The summed E-state index contributed by atoms with van der Waals surface area (Å²) in [5, 5.41) is 0. The van der Waals surface area contributed by atoms with Gasteiger partial charge in [0.2, 0.25) is 5.78 Å². The standard InChI is InChI=1S/C29H37NO4/c1-21(2)29(3,4)26(31)27(32)30-20-12-11-17-24(30)28(33)34-25(23-15-9-6-10-16-23)19-18-22-13-7-5-8-14-22/h5-10,13-16,21,24-25H,11-12,17-20H2,1-4H3. The van der Waals surface area contributed by atoms with Crippen molar-refractivity contribution in [2.45, 2.75) is 71.9 Å². The first-order chi connectivity index (χ1) is 16.2. The Balaban J connectivity index is 1.77. The maximum absolute atomic E-state index is 13.4. The number of piperidine rings is 1. The summed E-state index contributed by atoms with van der Waals surface area (Å²) >= 11 is 0. The molecule has 5 heteroatoms. The van der Waals surface area contributed by atoms with Crippen LogP contribution in [-0.4, -0.2) is 35.1 Å². The highest BCUT2D eigenvalue weighted by Crippen LogP contribution is 2.31. The molecule has 0 spiro atoms. The number of hydrogen-bond donors (Lipinski definition) is 0. The molecular formula is C29H37NO4. The molecule has 1 fully saturated rings. The number of esters is 1. The third-order valence-electron chi connectivity index (χ3n) is 7.23. The predicted molar refractivity (Wildman–Crippen MR) is 133 cm³/mol. The summed E-state index contributed by atoms with van der Waals surface area (Å²) in [6, 6.07) is 19.1. The zero-order valence-electron chi connectivity index (χ0n) is 20.8. The van der Waals surface area contributed by atoms with Gasteiger partial charge < -0.3 is 9.64 Å². The van der Waals surface area contributed by atoms with E-state index in [2.05, 4.69) is 12.1 Å².